The SMILES string of the molecule is S=c1[nH]c2cc(Br)cnc2n1CCN1CCOCC1. The van der Waals surface area contributed by atoms with Crippen molar-refractivity contribution in [2.45, 2.75) is 6.54 Å². The number of aromatic nitrogens is 3. The summed E-state index contributed by atoms with van der Waals surface area (Å²) in [5.41, 5.74) is 1.89. The van der Waals surface area contributed by atoms with E-state index in [9.17, 15) is 0 Å². The molecular weight excluding hydrogens is 328 g/mol. The Morgan fingerprint density at radius 1 is 1.37 bits per heavy atom. The maximum atomic E-state index is 5.37. The first-order valence-electron chi connectivity index (χ1n) is 6.28. The van der Waals surface area contributed by atoms with Gasteiger partial charge in [-0.15, -0.1) is 0 Å². The average molecular weight is 343 g/mol. The fourth-order valence-electron chi connectivity index (χ4n) is 2.29. The first-order valence-corrected chi connectivity index (χ1v) is 7.48. The van der Waals surface area contributed by atoms with Crippen LogP contribution in [0.2, 0.25) is 0 Å². The van der Waals surface area contributed by atoms with E-state index < -0.39 is 0 Å². The van der Waals surface area contributed by atoms with E-state index in [4.69, 9.17) is 17.0 Å². The topological polar surface area (TPSA) is 46.1 Å². The lowest BCUT2D eigenvalue weighted by Gasteiger charge is -2.26. The van der Waals surface area contributed by atoms with Gasteiger partial charge in [-0.2, -0.15) is 0 Å². The molecule has 19 heavy (non-hydrogen) atoms. The maximum absolute atomic E-state index is 5.37. The zero-order chi connectivity index (χ0) is 13.2. The smallest absolute Gasteiger partial charge is 0.179 e. The molecule has 1 N–H and O–H groups in total. The summed E-state index contributed by atoms with van der Waals surface area (Å²) in [7, 11) is 0. The Morgan fingerprint density at radius 2 is 2.16 bits per heavy atom. The van der Waals surface area contributed by atoms with Crippen LogP contribution in [0.4, 0.5) is 0 Å². The first kappa shape index (κ1) is 13.2. The van der Waals surface area contributed by atoms with Crippen LogP contribution in [0.3, 0.4) is 0 Å². The van der Waals surface area contributed by atoms with Crippen LogP contribution < -0.4 is 0 Å². The molecular formula is C12H15BrN4OS. The van der Waals surface area contributed by atoms with Gasteiger partial charge in [-0.05, 0) is 34.2 Å². The molecule has 5 nitrogen and oxygen atoms in total. The van der Waals surface area contributed by atoms with Gasteiger partial charge in [0.05, 0.1) is 18.7 Å². The summed E-state index contributed by atoms with van der Waals surface area (Å²) in [5, 5.41) is 0. The van der Waals surface area contributed by atoms with Crippen molar-refractivity contribution in [2.24, 2.45) is 0 Å². The number of aromatic amines is 1. The third kappa shape index (κ3) is 2.89. The predicted octanol–water partition coefficient (Wildman–Crippen LogP) is 2.19. The van der Waals surface area contributed by atoms with Gasteiger partial charge in [0.1, 0.15) is 0 Å². The van der Waals surface area contributed by atoms with Crippen LogP contribution in [0, 0.1) is 4.77 Å². The zero-order valence-electron chi connectivity index (χ0n) is 10.4. The predicted molar refractivity (Wildman–Crippen MR) is 79.9 cm³/mol. The summed E-state index contributed by atoms with van der Waals surface area (Å²) in [6.45, 7) is 5.47. The Bertz CT molecular complexity index is 632. The molecule has 0 atom stereocenters. The monoisotopic (exact) mass is 342 g/mol. The van der Waals surface area contributed by atoms with E-state index in [0.29, 0.717) is 0 Å². The van der Waals surface area contributed by atoms with Crippen LogP contribution in [0.1, 0.15) is 0 Å². The van der Waals surface area contributed by atoms with Crippen LogP contribution in [0.15, 0.2) is 16.7 Å². The highest BCUT2D eigenvalue weighted by atomic mass is 79.9. The number of ether oxygens (including phenoxy) is 1. The van der Waals surface area contributed by atoms with Gasteiger partial charge < -0.3 is 14.3 Å². The quantitative estimate of drug-likeness (QED) is 0.868. The molecule has 0 aromatic carbocycles. The molecule has 7 heteroatoms. The Hall–Kier alpha value is -0.760. The van der Waals surface area contributed by atoms with Crippen molar-refractivity contribution in [1.29, 1.82) is 0 Å². The van der Waals surface area contributed by atoms with Crippen LogP contribution in [-0.4, -0.2) is 52.3 Å². The summed E-state index contributed by atoms with van der Waals surface area (Å²) in [5.74, 6) is 0. The molecule has 0 bridgehead atoms. The molecule has 0 spiro atoms. The van der Waals surface area contributed by atoms with E-state index in [1.165, 1.54) is 0 Å². The van der Waals surface area contributed by atoms with Crippen molar-refractivity contribution in [3.63, 3.8) is 0 Å². The summed E-state index contributed by atoms with van der Waals surface area (Å²) >= 11 is 8.79. The van der Waals surface area contributed by atoms with E-state index in [2.05, 4.69) is 35.4 Å². The van der Waals surface area contributed by atoms with E-state index in [1.54, 1.807) is 6.20 Å². The van der Waals surface area contributed by atoms with E-state index in [0.717, 1.165) is 59.8 Å². The number of nitrogens with one attached hydrogen (secondary N) is 1. The number of pyridine rings is 1. The summed E-state index contributed by atoms with van der Waals surface area (Å²) in [6, 6.07) is 2.00. The fourth-order valence-corrected chi connectivity index (χ4v) is 2.91. The minimum Gasteiger partial charge on any atom is -0.379 e. The molecule has 1 saturated heterocycles. The highest BCUT2D eigenvalue weighted by Gasteiger charge is 2.12. The molecule has 2 aromatic rings. The van der Waals surface area contributed by atoms with Crippen molar-refractivity contribution in [3.05, 3.63) is 21.5 Å². The van der Waals surface area contributed by atoms with E-state index in [1.807, 2.05) is 6.07 Å². The summed E-state index contributed by atoms with van der Waals surface area (Å²) in [6.07, 6.45) is 1.80. The van der Waals surface area contributed by atoms with Crippen molar-refractivity contribution in [3.8, 4) is 0 Å². The second-order valence-electron chi connectivity index (χ2n) is 4.56. The molecule has 1 aliphatic rings. The van der Waals surface area contributed by atoms with Crippen LogP contribution in [-0.2, 0) is 11.3 Å². The van der Waals surface area contributed by atoms with Gasteiger partial charge >= 0.3 is 0 Å². The molecule has 0 aliphatic carbocycles. The molecule has 3 heterocycles. The Kier molecular flexibility index (Phi) is 3.97. The first-order chi connectivity index (χ1) is 9.24. The molecule has 1 aliphatic heterocycles. The number of fused-ring (bicyclic) bond motifs is 1. The number of halogens is 1. The Balaban J connectivity index is 1.80. The van der Waals surface area contributed by atoms with Crippen LogP contribution in [0.5, 0.6) is 0 Å². The number of morpholine rings is 1. The Morgan fingerprint density at radius 3 is 2.95 bits per heavy atom. The number of imidazole rings is 1. The lowest BCUT2D eigenvalue weighted by atomic mass is 10.4. The van der Waals surface area contributed by atoms with Crippen molar-refractivity contribution < 1.29 is 4.74 Å². The molecule has 3 rings (SSSR count). The fraction of sp³-hybridized carbons (Fsp3) is 0.500. The zero-order valence-corrected chi connectivity index (χ0v) is 12.8. The van der Waals surface area contributed by atoms with Gasteiger partial charge in [-0.25, -0.2) is 4.98 Å². The largest absolute Gasteiger partial charge is 0.379 e. The minimum atomic E-state index is 0.730. The van der Waals surface area contributed by atoms with Gasteiger partial charge in [0, 0.05) is 36.8 Å². The highest BCUT2D eigenvalue weighted by Crippen LogP contribution is 2.16. The maximum Gasteiger partial charge on any atom is 0.179 e. The number of H-pyrrole nitrogens is 1. The molecule has 0 amide bonds. The van der Waals surface area contributed by atoms with Gasteiger partial charge in [0.25, 0.3) is 0 Å². The highest BCUT2D eigenvalue weighted by molar-refractivity contribution is 9.10. The van der Waals surface area contributed by atoms with Gasteiger partial charge in [-0.1, -0.05) is 0 Å². The van der Waals surface area contributed by atoms with Gasteiger partial charge in [0.15, 0.2) is 10.4 Å². The summed E-state index contributed by atoms with van der Waals surface area (Å²) < 4.78 is 9.10. The molecule has 0 saturated carbocycles. The third-order valence-electron chi connectivity index (χ3n) is 3.32. The minimum absolute atomic E-state index is 0.730. The summed E-state index contributed by atoms with van der Waals surface area (Å²) in [4.78, 5) is 10.0. The number of nitrogens with zero attached hydrogens (tertiary/aromatic N) is 3. The van der Waals surface area contributed by atoms with Crippen LogP contribution in [0.25, 0.3) is 11.2 Å². The number of hydrogen-bond donors (Lipinski definition) is 1. The lowest BCUT2D eigenvalue weighted by Crippen LogP contribution is -2.38. The number of hydrogen-bond acceptors (Lipinski definition) is 4. The standard InChI is InChI=1S/C12H15BrN4OS/c13-9-7-10-11(14-8-9)17(12(19)15-10)2-1-16-3-5-18-6-4-16/h7-8H,1-6H2,(H,15,19). The van der Waals surface area contributed by atoms with Gasteiger partial charge in [0.2, 0.25) is 0 Å². The second-order valence-corrected chi connectivity index (χ2v) is 5.86. The lowest BCUT2D eigenvalue weighted by molar-refractivity contribution is 0.0364. The Labute approximate surface area is 124 Å². The van der Waals surface area contributed by atoms with Crippen molar-refractivity contribution in [1.82, 2.24) is 19.4 Å². The normalized spacial score (nSPS) is 17.1. The molecule has 1 fully saturated rings. The molecule has 102 valence electrons. The van der Waals surface area contributed by atoms with Crippen molar-refractivity contribution >= 4 is 39.3 Å². The average Bonchev–Trinajstić information content (AvgIpc) is 2.72. The second kappa shape index (κ2) is 5.70. The van der Waals surface area contributed by atoms with Crippen molar-refractivity contribution in [2.75, 3.05) is 32.8 Å². The van der Waals surface area contributed by atoms with Crippen LogP contribution >= 0.6 is 28.1 Å². The van der Waals surface area contributed by atoms with Gasteiger partial charge in [-0.3, -0.25) is 4.90 Å². The molecule has 0 unspecified atom stereocenters. The molecule has 0 radical (unpaired) electrons. The molecule has 2 aromatic heterocycles. The van der Waals surface area contributed by atoms with E-state index >= 15 is 0 Å². The van der Waals surface area contributed by atoms with E-state index in [-0.39, 0.29) is 0 Å². The third-order valence-corrected chi connectivity index (χ3v) is 4.08. The number of rotatable bonds is 3.